The lowest BCUT2D eigenvalue weighted by atomic mass is 9.85. The van der Waals surface area contributed by atoms with Gasteiger partial charge in [-0.3, -0.25) is 4.68 Å². The first-order valence-electron chi connectivity index (χ1n) is 7.22. The molecule has 2 aromatic rings. The van der Waals surface area contributed by atoms with Crippen LogP contribution in [0.5, 0.6) is 0 Å². The molecule has 21 heavy (non-hydrogen) atoms. The van der Waals surface area contributed by atoms with Crippen LogP contribution in [-0.2, 0) is 13.0 Å². The minimum atomic E-state index is 0.331. The molecule has 1 aliphatic rings. The largest absolute Gasteiger partial charge is 0.265 e. The smallest absolute Gasteiger partial charge is 0.0991 e. The van der Waals surface area contributed by atoms with Crippen molar-refractivity contribution in [2.45, 2.75) is 38.1 Å². The van der Waals surface area contributed by atoms with Gasteiger partial charge in [0.2, 0.25) is 0 Å². The van der Waals surface area contributed by atoms with E-state index in [2.05, 4.69) is 17.2 Å². The fourth-order valence-corrected chi connectivity index (χ4v) is 3.08. The molecule has 4 nitrogen and oxygen atoms in total. The second kappa shape index (κ2) is 5.81. The summed E-state index contributed by atoms with van der Waals surface area (Å²) in [7, 11) is 0. The average Bonchev–Trinajstić information content (AvgIpc) is 2.92. The summed E-state index contributed by atoms with van der Waals surface area (Å²) in [5.74, 6) is 0.331. The molecule has 0 saturated heterocycles. The van der Waals surface area contributed by atoms with Gasteiger partial charge >= 0.3 is 0 Å². The highest BCUT2D eigenvalue weighted by molar-refractivity contribution is 5.33. The predicted octanol–water partition coefficient (Wildman–Crippen LogP) is 3.14. The van der Waals surface area contributed by atoms with Gasteiger partial charge in [0.1, 0.15) is 0 Å². The van der Waals surface area contributed by atoms with E-state index in [1.165, 1.54) is 11.3 Å². The predicted molar refractivity (Wildman–Crippen MR) is 78.4 cm³/mol. The highest BCUT2D eigenvalue weighted by Crippen LogP contribution is 2.33. The quantitative estimate of drug-likeness (QED) is 0.865. The molecule has 4 heteroatoms. The molecule has 0 spiro atoms. The number of benzene rings is 1. The highest BCUT2D eigenvalue weighted by Gasteiger charge is 2.23. The second-order valence-electron chi connectivity index (χ2n) is 5.47. The van der Waals surface area contributed by atoms with E-state index in [1.807, 2.05) is 35.1 Å². The molecule has 0 bridgehead atoms. The Balaban J connectivity index is 1.87. The summed E-state index contributed by atoms with van der Waals surface area (Å²) >= 11 is 0. The van der Waals surface area contributed by atoms with Crippen molar-refractivity contribution in [2.75, 3.05) is 0 Å². The van der Waals surface area contributed by atoms with Crippen molar-refractivity contribution in [3.63, 3.8) is 0 Å². The van der Waals surface area contributed by atoms with Crippen LogP contribution in [0.3, 0.4) is 0 Å². The Hall–Kier alpha value is -2.59. The Labute approximate surface area is 124 Å². The third-order valence-corrected chi connectivity index (χ3v) is 4.11. The topological polar surface area (TPSA) is 65.4 Å². The van der Waals surface area contributed by atoms with E-state index in [9.17, 15) is 0 Å². The van der Waals surface area contributed by atoms with E-state index in [-0.39, 0.29) is 0 Å². The van der Waals surface area contributed by atoms with Crippen molar-refractivity contribution >= 4 is 0 Å². The number of rotatable bonds is 3. The summed E-state index contributed by atoms with van der Waals surface area (Å²) < 4.78 is 2.02. The Bertz CT molecular complexity index is 730. The van der Waals surface area contributed by atoms with Crippen LogP contribution in [0.1, 0.15) is 47.6 Å². The van der Waals surface area contributed by atoms with Crippen molar-refractivity contribution < 1.29 is 0 Å². The zero-order valence-corrected chi connectivity index (χ0v) is 11.8. The van der Waals surface area contributed by atoms with Gasteiger partial charge in [-0.25, -0.2) is 0 Å². The van der Waals surface area contributed by atoms with Gasteiger partial charge in [-0.2, -0.15) is 15.6 Å². The molecule has 0 saturated carbocycles. The van der Waals surface area contributed by atoms with Crippen molar-refractivity contribution in [1.82, 2.24) is 9.78 Å². The molecule has 1 aliphatic carbocycles. The van der Waals surface area contributed by atoms with Gasteiger partial charge in [0.25, 0.3) is 0 Å². The molecule has 3 rings (SSSR count). The summed E-state index contributed by atoms with van der Waals surface area (Å²) in [6, 6.07) is 12.1. The minimum absolute atomic E-state index is 0.331. The number of hydrogen-bond donors (Lipinski definition) is 0. The molecule has 0 fully saturated rings. The molecule has 0 radical (unpaired) electrons. The van der Waals surface area contributed by atoms with Crippen molar-refractivity contribution in [3.8, 4) is 12.1 Å². The molecule has 1 unspecified atom stereocenters. The van der Waals surface area contributed by atoms with Crippen LogP contribution in [0, 0.1) is 22.7 Å². The molecule has 1 heterocycles. The van der Waals surface area contributed by atoms with Crippen LogP contribution in [0.15, 0.2) is 30.5 Å². The standard InChI is InChI=1S/C17H16N4/c18-8-7-15-5-2-6-17-16(15)11-20-21(17)12-14-4-1-3-13(9-14)10-19/h1,3-4,9,11,15H,2,5-7,12H2. The van der Waals surface area contributed by atoms with Gasteiger partial charge < -0.3 is 0 Å². The number of aromatic nitrogens is 2. The van der Waals surface area contributed by atoms with Gasteiger partial charge in [0, 0.05) is 18.0 Å². The first kappa shape index (κ1) is 13.4. The zero-order valence-electron chi connectivity index (χ0n) is 11.8. The van der Waals surface area contributed by atoms with E-state index in [4.69, 9.17) is 10.5 Å². The number of fused-ring (bicyclic) bond motifs is 1. The summed E-state index contributed by atoms with van der Waals surface area (Å²) in [6.07, 6.45) is 5.71. The lowest BCUT2D eigenvalue weighted by Crippen LogP contribution is -2.13. The van der Waals surface area contributed by atoms with Crippen LogP contribution in [0.25, 0.3) is 0 Å². The first-order valence-corrected chi connectivity index (χ1v) is 7.22. The van der Waals surface area contributed by atoms with Crippen LogP contribution < -0.4 is 0 Å². The maximum absolute atomic E-state index is 8.97. The number of hydrogen-bond acceptors (Lipinski definition) is 3. The first-order chi connectivity index (χ1) is 10.3. The summed E-state index contributed by atoms with van der Waals surface area (Å²) in [6.45, 7) is 0.685. The minimum Gasteiger partial charge on any atom is -0.265 e. The lowest BCUT2D eigenvalue weighted by Gasteiger charge is -2.21. The van der Waals surface area contributed by atoms with Gasteiger partial charge in [-0.15, -0.1) is 0 Å². The Morgan fingerprint density at radius 2 is 2.24 bits per heavy atom. The molecule has 1 atom stereocenters. The maximum Gasteiger partial charge on any atom is 0.0991 e. The molecule has 0 amide bonds. The Morgan fingerprint density at radius 3 is 3.05 bits per heavy atom. The van der Waals surface area contributed by atoms with E-state index in [0.29, 0.717) is 24.4 Å². The van der Waals surface area contributed by atoms with E-state index in [0.717, 1.165) is 24.8 Å². The molecule has 0 N–H and O–H groups in total. The van der Waals surface area contributed by atoms with E-state index in [1.54, 1.807) is 0 Å². The van der Waals surface area contributed by atoms with Crippen LogP contribution >= 0.6 is 0 Å². The molecule has 1 aromatic carbocycles. The van der Waals surface area contributed by atoms with Gasteiger partial charge in [-0.1, -0.05) is 12.1 Å². The fourth-order valence-electron chi connectivity index (χ4n) is 3.08. The molecular formula is C17H16N4. The molecule has 1 aromatic heterocycles. The van der Waals surface area contributed by atoms with Crippen LogP contribution in [0.2, 0.25) is 0 Å². The van der Waals surface area contributed by atoms with Gasteiger partial charge in [-0.05, 0) is 42.5 Å². The lowest BCUT2D eigenvalue weighted by molar-refractivity contribution is 0.532. The van der Waals surface area contributed by atoms with Gasteiger partial charge in [0.05, 0.1) is 30.4 Å². The van der Waals surface area contributed by atoms with Crippen molar-refractivity contribution in [2.24, 2.45) is 0 Å². The van der Waals surface area contributed by atoms with E-state index >= 15 is 0 Å². The fraction of sp³-hybridized carbons (Fsp3) is 0.353. The Morgan fingerprint density at radius 1 is 1.33 bits per heavy atom. The number of nitriles is 2. The van der Waals surface area contributed by atoms with Gasteiger partial charge in [0.15, 0.2) is 0 Å². The second-order valence-corrected chi connectivity index (χ2v) is 5.47. The van der Waals surface area contributed by atoms with E-state index < -0.39 is 0 Å². The number of nitrogens with zero attached hydrogens (tertiary/aromatic N) is 4. The average molecular weight is 276 g/mol. The third kappa shape index (κ3) is 2.66. The van der Waals surface area contributed by atoms with Crippen molar-refractivity contribution in [1.29, 1.82) is 10.5 Å². The maximum atomic E-state index is 8.97. The normalized spacial score (nSPS) is 16.8. The summed E-state index contributed by atoms with van der Waals surface area (Å²) in [4.78, 5) is 0. The molecule has 104 valence electrons. The van der Waals surface area contributed by atoms with Crippen LogP contribution in [-0.4, -0.2) is 9.78 Å². The zero-order chi connectivity index (χ0) is 14.7. The summed E-state index contributed by atoms with van der Waals surface area (Å²) in [5.41, 5.74) is 4.25. The third-order valence-electron chi connectivity index (χ3n) is 4.11. The molecular weight excluding hydrogens is 260 g/mol. The molecule has 0 aliphatic heterocycles. The summed E-state index contributed by atoms with van der Waals surface area (Å²) in [5, 5.41) is 22.4. The van der Waals surface area contributed by atoms with Crippen LogP contribution in [0.4, 0.5) is 0 Å². The SMILES string of the molecule is N#CCC1CCCc2c1cnn2Cc1cccc(C#N)c1. The highest BCUT2D eigenvalue weighted by atomic mass is 15.3. The van der Waals surface area contributed by atoms with Crippen molar-refractivity contribution in [3.05, 3.63) is 52.8 Å². The monoisotopic (exact) mass is 276 g/mol. The Kier molecular flexibility index (Phi) is 3.71.